The van der Waals surface area contributed by atoms with Gasteiger partial charge in [0.15, 0.2) is 5.82 Å². The minimum Gasteiger partial charge on any atom is -0.348 e. The van der Waals surface area contributed by atoms with Gasteiger partial charge >= 0.3 is 0 Å². The zero-order valence-corrected chi connectivity index (χ0v) is 16.8. The maximum Gasteiger partial charge on any atom is 0.234 e. The summed E-state index contributed by atoms with van der Waals surface area (Å²) in [6.45, 7) is 7.02. The molecule has 0 radical (unpaired) electrons. The Morgan fingerprint density at radius 3 is 2.82 bits per heavy atom. The third-order valence-corrected chi connectivity index (χ3v) is 5.75. The Hall–Kier alpha value is -2.34. The van der Waals surface area contributed by atoms with Crippen molar-refractivity contribution in [3.63, 3.8) is 0 Å². The summed E-state index contributed by atoms with van der Waals surface area (Å²) in [5, 5.41) is 3.26. The van der Waals surface area contributed by atoms with Crippen molar-refractivity contribution < 1.29 is 4.79 Å². The van der Waals surface area contributed by atoms with Crippen LogP contribution in [-0.4, -0.2) is 45.4 Å². The van der Waals surface area contributed by atoms with E-state index < -0.39 is 0 Å². The number of carbonyl (C=O) groups excluding carboxylic acids is 1. The van der Waals surface area contributed by atoms with Gasteiger partial charge in [-0.15, -0.1) is 0 Å². The number of aromatic nitrogens is 3. The number of amides is 1. The van der Waals surface area contributed by atoms with E-state index in [0.717, 1.165) is 42.8 Å². The van der Waals surface area contributed by atoms with Crippen LogP contribution in [0.25, 0.3) is 11.4 Å². The van der Waals surface area contributed by atoms with E-state index in [0.29, 0.717) is 12.4 Å². The second-order valence-electron chi connectivity index (χ2n) is 8.84. The number of nitrogens with zero attached hydrogens (tertiary/aromatic N) is 4. The largest absolute Gasteiger partial charge is 0.348 e. The first kappa shape index (κ1) is 19.0. The second-order valence-corrected chi connectivity index (χ2v) is 8.84. The average molecular weight is 380 g/mol. The summed E-state index contributed by atoms with van der Waals surface area (Å²) >= 11 is 0. The topological polar surface area (TPSA) is 71.0 Å². The Labute approximate surface area is 166 Å². The van der Waals surface area contributed by atoms with Crippen LogP contribution in [0.3, 0.4) is 0 Å². The molecule has 1 N–H and O–H groups in total. The number of carbonyl (C=O) groups is 1. The number of piperidine rings is 1. The van der Waals surface area contributed by atoms with Crippen LogP contribution in [-0.2, 0) is 11.2 Å². The molecule has 1 amide bonds. The summed E-state index contributed by atoms with van der Waals surface area (Å²) in [6.07, 6.45) is 10.9. The molecule has 1 aliphatic carbocycles. The Bertz CT molecular complexity index is 830. The molecule has 0 aromatic carbocycles. The van der Waals surface area contributed by atoms with Crippen LogP contribution < -0.4 is 5.32 Å². The Balaban J connectivity index is 1.53. The Morgan fingerprint density at radius 1 is 1.25 bits per heavy atom. The van der Waals surface area contributed by atoms with Crippen LogP contribution in [0.1, 0.15) is 56.8 Å². The van der Waals surface area contributed by atoms with E-state index in [1.54, 1.807) is 12.4 Å². The lowest BCUT2D eigenvalue weighted by Crippen LogP contribution is -2.43. The van der Waals surface area contributed by atoms with Crippen molar-refractivity contribution in [1.29, 1.82) is 0 Å². The van der Waals surface area contributed by atoms with Gasteiger partial charge in [-0.3, -0.25) is 14.7 Å². The number of rotatable bonds is 4. The number of hydrogen-bond donors (Lipinski definition) is 1. The molecule has 28 heavy (non-hydrogen) atoms. The van der Waals surface area contributed by atoms with Crippen molar-refractivity contribution in [1.82, 2.24) is 25.2 Å². The third kappa shape index (κ3) is 4.38. The van der Waals surface area contributed by atoms with E-state index in [-0.39, 0.29) is 17.4 Å². The van der Waals surface area contributed by atoms with Gasteiger partial charge < -0.3 is 5.32 Å². The van der Waals surface area contributed by atoms with E-state index >= 15 is 0 Å². The molecule has 1 aliphatic heterocycles. The molecule has 148 valence electrons. The fourth-order valence-corrected chi connectivity index (χ4v) is 4.37. The maximum atomic E-state index is 12.7. The molecule has 0 spiro atoms. The predicted molar refractivity (Wildman–Crippen MR) is 109 cm³/mol. The zero-order chi connectivity index (χ0) is 19.6. The number of likely N-dealkylation sites (tertiary alicyclic amines) is 1. The van der Waals surface area contributed by atoms with Gasteiger partial charge in [-0.05, 0) is 56.3 Å². The van der Waals surface area contributed by atoms with Gasteiger partial charge in [0.1, 0.15) is 0 Å². The summed E-state index contributed by atoms with van der Waals surface area (Å²) in [5.41, 5.74) is 3.09. The molecule has 1 fully saturated rings. The lowest BCUT2D eigenvalue weighted by molar-refractivity contribution is -0.123. The van der Waals surface area contributed by atoms with Crippen LogP contribution in [0.4, 0.5) is 0 Å². The summed E-state index contributed by atoms with van der Waals surface area (Å²) in [4.78, 5) is 28.5. The molecule has 2 aromatic heterocycles. The second kappa shape index (κ2) is 7.95. The van der Waals surface area contributed by atoms with Gasteiger partial charge in [0, 0.05) is 29.7 Å². The summed E-state index contributed by atoms with van der Waals surface area (Å²) in [5.74, 6) is 0.801. The minimum absolute atomic E-state index is 0.0287. The molecule has 0 bridgehead atoms. The van der Waals surface area contributed by atoms with Crippen LogP contribution in [0, 0.1) is 5.41 Å². The number of fused-ring (bicyclic) bond motifs is 1. The highest BCUT2D eigenvalue weighted by Gasteiger charge is 2.34. The molecule has 0 saturated carbocycles. The van der Waals surface area contributed by atoms with Crippen LogP contribution in [0.2, 0.25) is 0 Å². The molecular weight excluding hydrogens is 350 g/mol. The van der Waals surface area contributed by atoms with Crippen molar-refractivity contribution >= 4 is 5.91 Å². The van der Waals surface area contributed by atoms with Gasteiger partial charge in [-0.1, -0.05) is 20.3 Å². The SMILES string of the molecule is CC1(C)Cc2nc(-c3cccnc3)ncc2[C@@H](NC(=O)CN2CCCCC2)C1. The number of pyridine rings is 1. The van der Waals surface area contributed by atoms with E-state index in [1.165, 1.54) is 19.3 Å². The fraction of sp³-hybridized carbons (Fsp3) is 0.545. The van der Waals surface area contributed by atoms with Gasteiger partial charge in [0.05, 0.1) is 18.3 Å². The lowest BCUT2D eigenvalue weighted by Gasteiger charge is -2.37. The Kier molecular flexibility index (Phi) is 5.40. The van der Waals surface area contributed by atoms with Gasteiger partial charge in [0.25, 0.3) is 0 Å². The highest BCUT2D eigenvalue weighted by atomic mass is 16.2. The van der Waals surface area contributed by atoms with E-state index in [4.69, 9.17) is 4.98 Å². The number of hydrogen-bond acceptors (Lipinski definition) is 5. The molecule has 6 nitrogen and oxygen atoms in total. The summed E-state index contributed by atoms with van der Waals surface area (Å²) < 4.78 is 0. The molecule has 4 rings (SSSR count). The Morgan fingerprint density at radius 2 is 2.07 bits per heavy atom. The van der Waals surface area contributed by atoms with Crippen LogP contribution in [0.5, 0.6) is 0 Å². The highest BCUT2D eigenvalue weighted by Crippen LogP contribution is 2.40. The monoisotopic (exact) mass is 379 g/mol. The fourth-order valence-electron chi connectivity index (χ4n) is 4.37. The normalized spacial score (nSPS) is 21.7. The van der Waals surface area contributed by atoms with Crippen LogP contribution >= 0.6 is 0 Å². The summed E-state index contributed by atoms with van der Waals surface area (Å²) in [6, 6.07) is 3.84. The van der Waals surface area contributed by atoms with Gasteiger partial charge in [-0.2, -0.15) is 0 Å². The van der Waals surface area contributed by atoms with Crippen molar-refractivity contribution in [3.8, 4) is 11.4 Å². The van der Waals surface area contributed by atoms with E-state index in [9.17, 15) is 4.79 Å². The molecule has 2 aromatic rings. The molecule has 6 heteroatoms. The van der Waals surface area contributed by atoms with E-state index in [2.05, 4.69) is 34.0 Å². The minimum atomic E-state index is -0.0287. The van der Waals surface area contributed by atoms with Crippen LogP contribution in [0.15, 0.2) is 30.7 Å². The lowest BCUT2D eigenvalue weighted by atomic mass is 9.74. The third-order valence-electron chi connectivity index (χ3n) is 5.75. The van der Waals surface area contributed by atoms with Crippen molar-refractivity contribution in [3.05, 3.63) is 42.0 Å². The summed E-state index contributed by atoms with van der Waals surface area (Å²) in [7, 11) is 0. The highest BCUT2D eigenvalue weighted by molar-refractivity contribution is 5.78. The molecule has 1 atom stereocenters. The van der Waals surface area contributed by atoms with Crippen molar-refractivity contribution in [2.24, 2.45) is 5.41 Å². The molecule has 3 heterocycles. The molecular formula is C22H29N5O. The first-order valence-corrected chi connectivity index (χ1v) is 10.3. The smallest absolute Gasteiger partial charge is 0.234 e. The predicted octanol–water partition coefficient (Wildman–Crippen LogP) is 3.15. The number of nitrogens with one attached hydrogen (secondary N) is 1. The average Bonchev–Trinajstić information content (AvgIpc) is 2.68. The van der Waals surface area contributed by atoms with Crippen molar-refractivity contribution in [2.45, 2.75) is 52.0 Å². The molecule has 1 saturated heterocycles. The maximum absolute atomic E-state index is 12.7. The first-order valence-electron chi connectivity index (χ1n) is 10.3. The van der Waals surface area contributed by atoms with Gasteiger partial charge in [-0.25, -0.2) is 9.97 Å². The van der Waals surface area contributed by atoms with E-state index in [1.807, 2.05) is 18.3 Å². The standard InChI is InChI=1S/C22H29N5O/c1-22(2)11-18(25-20(28)15-27-9-4-3-5-10-27)17-14-24-21(26-19(17)12-22)16-7-6-8-23-13-16/h6-8,13-14,18H,3-5,9-12,15H2,1-2H3,(H,25,28)/t18-/m0/s1. The van der Waals surface area contributed by atoms with Crippen molar-refractivity contribution in [2.75, 3.05) is 19.6 Å². The first-order chi connectivity index (χ1) is 13.5. The molecule has 2 aliphatic rings. The molecule has 0 unspecified atom stereocenters. The quantitative estimate of drug-likeness (QED) is 0.884. The zero-order valence-electron chi connectivity index (χ0n) is 16.8. The van der Waals surface area contributed by atoms with Gasteiger partial charge in [0.2, 0.25) is 5.91 Å².